The van der Waals surface area contributed by atoms with Crippen molar-refractivity contribution >= 4 is 17.0 Å². The predicted octanol–water partition coefficient (Wildman–Crippen LogP) is 2.32. The van der Waals surface area contributed by atoms with Gasteiger partial charge in [-0.05, 0) is 18.2 Å². The summed E-state index contributed by atoms with van der Waals surface area (Å²) >= 11 is 0. The van der Waals surface area contributed by atoms with E-state index in [0.29, 0.717) is 5.65 Å². The predicted molar refractivity (Wildman–Crippen MR) is 66.3 cm³/mol. The summed E-state index contributed by atoms with van der Waals surface area (Å²) in [6, 6.07) is 7.24. The van der Waals surface area contributed by atoms with Gasteiger partial charge in [-0.1, -0.05) is 6.07 Å². The van der Waals surface area contributed by atoms with Crippen molar-refractivity contribution in [3.8, 4) is 11.1 Å². The third kappa shape index (κ3) is 1.71. The van der Waals surface area contributed by atoms with E-state index in [1.807, 2.05) is 18.2 Å². The van der Waals surface area contributed by atoms with Crippen molar-refractivity contribution in [1.29, 1.82) is 0 Å². The van der Waals surface area contributed by atoms with E-state index >= 15 is 0 Å². The number of rotatable bonds is 2. The molecule has 0 fully saturated rings. The van der Waals surface area contributed by atoms with Crippen molar-refractivity contribution in [2.24, 2.45) is 0 Å². The van der Waals surface area contributed by atoms with E-state index in [-0.39, 0.29) is 5.69 Å². The maximum atomic E-state index is 10.9. The summed E-state index contributed by atoms with van der Waals surface area (Å²) in [5.74, 6) is -0.990. The highest BCUT2D eigenvalue weighted by molar-refractivity contribution is 5.93. The highest BCUT2D eigenvalue weighted by Crippen LogP contribution is 2.22. The summed E-state index contributed by atoms with van der Waals surface area (Å²) in [6.45, 7) is 0. The van der Waals surface area contributed by atoms with Gasteiger partial charge in [-0.15, -0.1) is 0 Å². The Balaban J connectivity index is 2.14. The maximum absolute atomic E-state index is 10.9. The number of nitrogens with zero attached hydrogens (tertiary/aromatic N) is 2. The van der Waals surface area contributed by atoms with Gasteiger partial charge < -0.3 is 10.1 Å². The van der Waals surface area contributed by atoms with Gasteiger partial charge in [0.2, 0.25) is 0 Å². The second-order valence-electron chi connectivity index (χ2n) is 3.89. The average molecular weight is 239 g/mol. The minimum Gasteiger partial charge on any atom is -0.477 e. The highest BCUT2D eigenvalue weighted by atomic mass is 16.4. The average Bonchev–Trinajstić information content (AvgIpc) is 2.82. The smallest absolute Gasteiger partial charge is 0.352 e. The van der Waals surface area contributed by atoms with Crippen molar-refractivity contribution in [1.82, 2.24) is 15.0 Å². The Hall–Kier alpha value is -2.69. The molecule has 3 aromatic heterocycles. The molecule has 0 unspecified atom stereocenters. The molecule has 3 rings (SSSR count). The van der Waals surface area contributed by atoms with Crippen LogP contribution in [0.2, 0.25) is 0 Å². The number of carbonyl (C=O) groups is 1. The summed E-state index contributed by atoms with van der Waals surface area (Å²) in [4.78, 5) is 21.9. The molecular weight excluding hydrogens is 230 g/mol. The number of aromatic amines is 1. The SMILES string of the molecule is O=C(O)c1cc2cc(-c3cccnc3)cnc2[nH]1. The molecule has 0 bridgehead atoms. The number of nitrogens with one attached hydrogen (secondary N) is 1. The van der Waals surface area contributed by atoms with Gasteiger partial charge in [0, 0.05) is 35.1 Å². The van der Waals surface area contributed by atoms with Gasteiger partial charge in [-0.25, -0.2) is 9.78 Å². The number of carboxylic acids is 1. The van der Waals surface area contributed by atoms with Crippen molar-refractivity contribution in [2.45, 2.75) is 0 Å². The molecule has 3 aromatic rings. The Morgan fingerprint density at radius 3 is 2.83 bits per heavy atom. The molecule has 0 aliphatic heterocycles. The van der Waals surface area contributed by atoms with Crippen LogP contribution in [0.25, 0.3) is 22.2 Å². The van der Waals surface area contributed by atoms with Crippen LogP contribution in [-0.2, 0) is 0 Å². The molecule has 2 N–H and O–H groups in total. The van der Waals surface area contributed by atoms with Crippen LogP contribution in [0.5, 0.6) is 0 Å². The summed E-state index contributed by atoms with van der Waals surface area (Å²) in [5.41, 5.74) is 2.57. The lowest BCUT2D eigenvalue weighted by Gasteiger charge is -1.99. The zero-order valence-electron chi connectivity index (χ0n) is 9.29. The molecule has 0 aliphatic carbocycles. The summed E-state index contributed by atoms with van der Waals surface area (Å²) in [7, 11) is 0. The first kappa shape index (κ1) is 10.5. The quantitative estimate of drug-likeness (QED) is 0.719. The van der Waals surface area contributed by atoms with E-state index in [9.17, 15) is 4.79 Å². The van der Waals surface area contributed by atoms with Gasteiger partial charge in [-0.3, -0.25) is 4.98 Å². The van der Waals surface area contributed by atoms with E-state index in [2.05, 4.69) is 15.0 Å². The number of pyridine rings is 2. The Morgan fingerprint density at radius 2 is 2.11 bits per heavy atom. The van der Waals surface area contributed by atoms with Crippen LogP contribution >= 0.6 is 0 Å². The molecule has 0 atom stereocenters. The van der Waals surface area contributed by atoms with E-state index in [1.165, 1.54) is 0 Å². The third-order valence-electron chi connectivity index (χ3n) is 2.70. The first-order valence-electron chi connectivity index (χ1n) is 5.36. The molecular formula is C13H9N3O2. The fraction of sp³-hybridized carbons (Fsp3) is 0. The van der Waals surface area contributed by atoms with Crippen LogP contribution in [0.4, 0.5) is 0 Å². The lowest BCUT2D eigenvalue weighted by Crippen LogP contribution is -1.94. The van der Waals surface area contributed by atoms with Crippen LogP contribution in [0.3, 0.4) is 0 Å². The summed E-state index contributed by atoms with van der Waals surface area (Å²) in [6.07, 6.45) is 5.14. The van der Waals surface area contributed by atoms with Crippen LogP contribution in [0.1, 0.15) is 10.5 Å². The number of H-pyrrole nitrogens is 1. The molecule has 5 heteroatoms. The lowest BCUT2D eigenvalue weighted by molar-refractivity contribution is 0.0691. The number of aromatic carboxylic acids is 1. The molecule has 0 spiro atoms. The highest BCUT2D eigenvalue weighted by Gasteiger charge is 2.09. The van der Waals surface area contributed by atoms with Crippen LogP contribution in [-0.4, -0.2) is 26.0 Å². The summed E-state index contributed by atoms with van der Waals surface area (Å²) < 4.78 is 0. The third-order valence-corrected chi connectivity index (χ3v) is 2.70. The summed E-state index contributed by atoms with van der Waals surface area (Å²) in [5, 5.41) is 9.68. The molecule has 0 amide bonds. The molecule has 88 valence electrons. The number of aromatic nitrogens is 3. The van der Waals surface area contributed by atoms with Crippen molar-refractivity contribution in [3.63, 3.8) is 0 Å². The number of hydrogen-bond donors (Lipinski definition) is 2. The fourth-order valence-corrected chi connectivity index (χ4v) is 1.82. The molecule has 0 saturated heterocycles. The van der Waals surface area contributed by atoms with E-state index in [1.54, 1.807) is 24.7 Å². The monoisotopic (exact) mass is 239 g/mol. The molecule has 5 nitrogen and oxygen atoms in total. The Kier molecular flexibility index (Phi) is 2.30. The van der Waals surface area contributed by atoms with E-state index < -0.39 is 5.97 Å². The maximum Gasteiger partial charge on any atom is 0.352 e. The Morgan fingerprint density at radius 1 is 1.22 bits per heavy atom. The van der Waals surface area contributed by atoms with Crippen molar-refractivity contribution in [2.75, 3.05) is 0 Å². The van der Waals surface area contributed by atoms with Gasteiger partial charge in [0.25, 0.3) is 0 Å². The zero-order valence-corrected chi connectivity index (χ0v) is 9.29. The second-order valence-corrected chi connectivity index (χ2v) is 3.89. The minimum absolute atomic E-state index is 0.140. The second kappa shape index (κ2) is 3.96. The van der Waals surface area contributed by atoms with Gasteiger partial charge in [0.1, 0.15) is 11.3 Å². The van der Waals surface area contributed by atoms with E-state index in [4.69, 9.17) is 5.11 Å². The first-order chi connectivity index (χ1) is 8.74. The molecule has 3 heterocycles. The minimum atomic E-state index is -0.990. The number of carboxylic acid groups (broad SMARTS) is 1. The molecule has 0 aromatic carbocycles. The van der Waals surface area contributed by atoms with Crippen molar-refractivity contribution in [3.05, 3.63) is 48.5 Å². The Labute approximate surface area is 102 Å². The van der Waals surface area contributed by atoms with Crippen LogP contribution < -0.4 is 0 Å². The number of hydrogen-bond acceptors (Lipinski definition) is 3. The van der Waals surface area contributed by atoms with Gasteiger partial charge in [0.05, 0.1) is 0 Å². The Bertz CT molecular complexity index is 719. The molecule has 0 aliphatic rings. The van der Waals surface area contributed by atoms with E-state index in [0.717, 1.165) is 16.5 Å². The topological polar surface area (TPSA) is 78.9 Å². The number of fused-ring (bicyclic) bond motifs is 1. The van der Waals surface area contributed by atoms with Gasteiger partial charge >= 0.3 is 5.97 Å². The van der Waals surface area contributed by atoms with Gasteiger partial charge in [0.15, 0.2) is 0 Å². The largest absolute Gasteiger partial charge is 0.477 e. The fourth-order valence-electron chi connectivity index (χ4n) is 1.82. The van der Waals surface area contributed by atoms with Crippen molar-refractivity contribution < 1.29 is 9.90 Å². The molecule has 0 saturated carbocycles. The zero-order chi connectivity index (χ0) is 12.5. The molecule has 18 heavy (non-hydrogen) atoms. The standard InChI is InChI=1S/C13H9N3O2/c17-13(18)11-5-9-4-10(7-15-12(9)16-11)8-2-1-3-14-6-8/h1-7H,(H,15,16)(H,17,18). The normalized spacial score (nSPS) is 10.7. The lowest BCUT2D eigenvalue weighted by atomic mass is 10.1. The molecule has 0 radical (unpaired) electrons. The van der Waals surface area contributed by atoms with Crippen LogP contribution in [0.15, 0.2) is 42.9 Å². The van der Waals surface area contributed by atoms with Gasteiger partial charge in [-0.2, -0.15) is 0 Å². The first-order valence-corrected chi connectivity index (χ1v) is 5.36. The van der Waals surface area contributed by atoms with Crippen LogP contribution in [0, 0.1) is 0 Å².